The average Bonchev–Trinajstić information content (AvgIpc) is 3.03. The van der Waals surface area contributed by atoms with Crippen LogP contribution in [0, 0.1) is 5.92 Å². The maximum Gasteiger partial charge on any atom is 0.317 e. The number of hydrogen-bond acceptors (Lipinski definition) is 4. The van der Waals surface area contributed by atoms with Crippen molar-refractivity contribution in [1.82, 2.24) is 20.1 Å². The lowest BCUT2D eigenvalue weighted by Crippen LogP contribution is -2.48. The molecule has 6 nitrogen and oxygen atoms in total. The van der Waals surface area contributed by atoms with E-state index in [9.17, 15) is 9.59 Å². The van der Waals surface area contributed by atoms with Crippen molar-refractivity contribution in [3.63, 3.8) is 0 Å². The number of rotatable bonds is 4. The SMILES string of the molecule is O=C(NCc1ccccc1)N1CC2CCC(C1)N(Cc1cscn1)C2=O. The van der Waals surface area contributed by atoms with Crippen LogP contribution < -0.4 is 5.32 Å². The maximum atomic E-state index is 12.8. The first-order chi connectivity index (χ1) is 12.7. The van der Waals surface area contributed by atoms with Gasteiger partial charge in [0.2, 0.25) is 5.91 Å². The molecule has 3 fully saturated rings. The monoisotopic (exact) mass is 370 g/mol. The molecule has 26 heavy (non-hydrogen) atoms. The Morgan fingerprint density at radius 1 is 1.23 bits per heavy atom. The van der Waals surface area contributed by atoms with Crippen LogP contribution in [0.5, 0.6) is 0 Å². The molecular formula is C19H22N4O2S. The topological polar surface area (TPSA) is 65.5 Å². The number of carbonyl (C=O) groups excluding carboxylic acids is 2. The summed E-state index contributed by atoms with van der Waals surface area (Å²) < 4.78 is 0. The fourth-order valence-corrected chi connectivity index (χ4v) is 4.34. The Morgan fingerprint density at radius 2 is 2.08 bits per heavy atom. The molecule has 3 saturated heterocycles. The Balaban J connectivity index is 1.42. The van der Waals surface area contributed by atoms with Crippen LogP contribution in [0.25, 0.3) is 0 Å². The maximum absolute atomic E-state index is 12.8. The van der Waals surface area contributed by atoms with Gasteiger partial charge in [-0.1, -0.05) is 30.3 Å². The Kier molecular flexibility index (Phi) is 4.88. The van der Waals surface area contributed by atoms with Gasteiger partial charge in [0.25, 0.3) is 0 Å². The highest BCUT2D eigenvalue weighted by molar-refractivity contribution is 7.07. The van der Waals surface area contributed by atoms with Gasteiger partial charge >= 0.3 is 6.03 Å². The van der Waals surface area contributed by atoms with Crippen LogP contribution in [-0.4, -0.2) is 45.9 Å². The number of piperidine rings is 1. The minimum Gasteiger partial charge on any atom is -0.334 e. The molecule has 2 atom stereocenters. The molecular weight excluding hydrogens is 348 g/mol. The number of urea groups is 1. The second-order valence-corrected chi connectivity index (χ2v) is 7.64. The van der Waals surface area contributed by atoms with E-state index in [1.165, 1.54) is 0 Å². The van der Waals surface area contributed by atoms with Gasteiger partial charge < -0.3 is 15.1 Å². The van der Waals surface area contributed by atoms with Gasteiger partial charge in [0.15, 0.2) is 0 Å². The summed E-state index contributed by atoms with van der Waals surface area (Å²) >= 11 is 1.54. The van der Waals surface area contributed by atoms with Crippen LogP contribution >= 0.6 is 11.3 Å². The third kappa shape index (κ3) is 3.58. The molecule has 3 amide bonds. The highest BCUT2D eigenvalue weighted by Crippen LogP contribution is 2.30. The number of nitrogens with zero attached hydrogens (tertiary/aromatic N) is 3. The number of carbonyl (C=O) groups is 2. The van der Waals surface area contributed by atoms with Crippen molar-refractivity contribution >= 4 is 23.3 Å². The summed E-state index contributed by atoms with van der Waals surface area (Å²) in [4.78, 5) is 33.5. The molecule has 1 N–H and O–H groups in total. The van der Waals surface area contributed by atoms with Gasteiger partial charge in [-0.3, -0.25) is 4.79 Å². The summed E-state index contributed by atoms with van der Waals surface area (Å²) in [6, 6.07) is 9.85. The molecule has 4 heterocycles. The molecule has 2 aromatic rings. The Labute approximate surface area is 156 Å². The number of thiazole rings is 1. The third-order valence-corrected chi connectivity index (χ3v) is 5.82. The van der Waals surface area contributed by atoms with Gasteiger partial charge in [0, 0.05) is 31.1 Å². The van der Waals surface area contributed by atoms with Gasteiger partial charge in [0.1, 0.15) is 0 Å². The van der Waals surface area contributed by atoms with E-state index in [2.05, 4.69) is 10.3 Å². The lowest BCUT2D eigenvalue weighted by atomic mass is 9.94. The Hall–Kier alpha value is -2.41. The highest BCUT2D eigenvalue weighted by atomic mass is 32.1. The fourth-order valence-electron chi connectivity index (χ4n) is 3.79. The zero-order valence-electron chi connectivity index (χ0n) is 14.5. The van der Waals surface area contributed by atoms with E-state index in [1.807, 2.05) is 45.5 Å². The summed E-state index contributed by atoms with van der Waals surface area (Å²) in [5.74, 6) is 0.0578. The van der Waals surface area contributed by atoms with Crippen molar-refractivity contribution in [1.29, 1.82) is 0 Å². The number of nitrogens with one attached hydrogen (secondary N) is 1. The predicted molar refractivity (Wildman–Crippen MR) is 99.4 cm³/mol. The molecule has 136 valence electrons. The standard InChI is InChI=1S/C19H22N4O2S/c24-18-15-6-7-17(23(18)10-16-12-26-13-21-16)11-22(9-15)19(25)20-8-14-4-2-1-3-5-14/h1-5,12-13,15,17H,6-11H2,(H,20,25). The van der Waals surface area contributed by atoms with Crippen molar-refractivity contribution in [2.45, 2.75) is 32.0 Å². The molecule has 0 radical (unpaired) electrons. The van der Waals surface area contributed by atoms with E-state index in [1.54, 1.807) is 16.8 Å². The van der Waals surface area contributed by atoms with E-state index < -0.39 is 0 Å². The van der Waals surface area contributed by atoms with Crippen LogP contribution in [0.2, 0.25) is 0 Å². The first-order valence-electron chi connectivity index (χ1n) is 8.95. The quantitative estimate of drug-likeness (QED) is 0.899. The van der Waals surface area contributed by atoms with Crippen molar-refractivity contribution in [2.75, 3.05) is 13.1 Å². The van der Waals surface area contributed by atoms with Crippen molar-refractivity contribution < 1.29 is 9.59 Å². The first-order valence-corrected chi connectivity index (χ1v) is 9.89. The van der Waals surface area contributed by atoms with E-state index in [0.29, 0.717) is 26.2 Å². The lowest BCUT2D eigenvalue weighted by Gasteiger charge is -2.35. The van der Waals surface area contributed by atoms with Crippen LogP contribution in [0.4, 0.5) is 4.79 Å². The van der Waals surface area contributed by atoms with Crippen LogP contribution in [0.3, 0.4) is 0 Å². The number of aromatic nitrogens is 1. The minimum atomic E-state index is -0.102. The summed E-state index contributed by atoms with van der Waals surface area (Å²) in [7, 11) is 0. The summed E-state index contributed by atoms with van der Waals surface area (Å²) in [6.07, 6.45) is 1.81. The van der Waals surface area contributed by atoms with Gasteiger partial charge in [-0.25, -0.2) is 9.78 Å². The molecule has 3 aliphatic rings. The largest absolute Gasteiger partial charge is 0.334 e. The van der Waals surface area contributed by atoms with Crippen LogP contribution in [0.15, 0.2) is 41.2 Å². The van der Waals surface area contributed by atoms with Crippen molar-refractivity contribution in [2.24, 2.45) is 5.92 Å². The van der Waals surface area contributed by atoms with E-state index >= 15 is 0 Å². The normalized spacial score (nSPS) is 22.4. The molecule has 7 heteroatoms. The zero-order chi connectivity index (χ0) is 17.9. The summed E-state index contributed by atoms with van der Waals surface area (Å²) in [5, 5.41) is 4.97. The molecule has 1 aromatic carbocycles. The molecule has 5 rings (SSSR count). The zero-order valence-corrected chi connectivity index (χ0v) is 15.3. The second-order valence-electron chi connectivity index (χ2n) is 6.92. The van der Waals surface area contributed by atoms with Gasteiger partial charge in [0.05, 0.1) is 23.7 Å². The van der Waals surface area contributed by atoms with E-state index in [0.717, 1.165) is 24.1 Å². The molecule has 0 aliphatic carbocycles. The predicted octanol–water partition coefficient (Wildman–Crippen LogP) is 2.48. The van der Waals surface area contributed by atoms with Crippen molar-refractivity contribution in [3.05, 3.63) is 52.5 Å². The number of amides is 3. The highest BCUT2D eigenvalue weighted by Gasteiger charge is 2.41. The third-order valence-electron chi connectivity index (χ3n) is 5.18. The minimum absolute atomic E-state index is 0.0745. The van der Waals surface area contributed by atoms with Crippen LogP contribution in [-0.2, 0) is 17.9 Å². The summed E-state index contributed by atoms with van der Waals surface area (Å²) in [5.41, 5.74) is 3.79. The number of fused-ring (bicyclic) bond motifs is 4. The van der Waals surface area contributed by atoms with Crippen molar-refractivity contribution in [3.8, 4) is 0 Å². The molecule has 2 unspecified atom stereocenters. The molecule has 2 bridgehead atoms. The molecule has 0 spiro atoms. The Bertz CT molecular complexity index is 765. The average molecular weight is 370 g/mol. The smallest absolute Gasteiger partial charge is 0.317 e. The number of hydrogen-bond donors (Lipinski definition) is 1. The van der Waals surface area contributed by atoms with Gasteiger partial charge in [-0.2, -0.15) is 0 Å². The summed E-state index contributed by atoms with van der Waals surface area (Å²) in [6.45, 7) is 2.14. The van der Waals surface area contributed by atoms with Gasteiger partial charge in [-0.15, -0.1) is 11.3 Å². The number of benzene rings is 1. The fraction of sp³-hybridized carbons (Fsp3) is 0.421. The first kappa shape index (κ1) is 17.0. The van der Waals surface area contributed by atoms with E-state index in [4.69, 9.17) is 0 Å². The Morgan fingerprint density at radius 3 is 2.85 bits per heavy atom. The lowest BCUT2D eigenvalue weighted by molar-refractivity contribution is -0.140. The molecule has 1 aromatic heterocycles. The molecule has 3 aliphatic heterocycles. The molecule has 0 saturated carbocycles. The van der Waals surface area contributed by atoms with Gasteiger partial charge in [-0.05, 0) is 18.4 Å². The van der Waals surface area contributed by atoms with Crippen LogP contribution in [0.1, 0.15) is 24.1 Å². The second kappa shape index (κ2) is 7.45. The van der Waals surface area contributed by atoms with E-state index in [-0.39, 0.29) is 23.9 Å².